The zero-order valence-electron chi connectivity index (χ0n) is 25.1. The van der Waals surface area contributed by atoms with E-state index in [1.54, 1.807) is 16.2 Å². The average Bonchev–Trinajstić information content (AvgIpc) is 3.49. The van der Waals surface area contributed by atoms with Gasteiger partial charge < -0.3 is 24.6 Å². The van der Waals surface area contributed by atoms with Crippen LogP contribution in [0.25, 0.3) is 0 Å². The predicted octanol–water partition coefficient (Wildman–Crippen LogP) is 5.42. The van der Waals surface area contributed by atoms with E-state index in [1.165, 1.54) is 0 Å². The lowest BCUT2D eigenvalue weighted by atomic mass is 9.85. The Kier molecular flexibility index (Phi) is 9.99. The summed E-state index contributed by atoms with van der Waals surface area (Å²) in [6.45, 7) is 6.54. The van der Waals surface area contributed by atoms with Crippen LogP contribution in [0.3, 0.4) is 0 Å². The number of ether oxygens (including phenoxy) is 1. The van der Waals surface area contributed by atoms with Crippen LogP contribution in [0, 0.1) is 0 Å². The van der Waals surface area contributed by atoms with Crippen molar-refractivity contribution in [2.45, 2.75) is 63.0 Å². The van der Waals surface area contributed by atoms with E-state index in [2.05, 4.69) is 64.3 Å². The number of aldehydes is 1. The molecule has 0 spiro atoms. The van der Waals surface area contributed by atoms with Gasteiger partial charge in [0.2, 0.25) is 0 Å². The Bertz CT molecular complexity index is 1360. The Hall–Kier alpha value is -2.03. The molecule has 13 heteroatoms. The van der Waals surface area contributed by atoms with Gasteiger partial charge in [0, 0.05) is 77.5 Å². The highest BCUT2D eigenvalue weighted by atomic mass is 79.9. The number of nitrogens with zero attached hydrogens (tertiary/aromatic N) is 5. The topological polar surface area (TPSA) is 88.7 Å². The van der Waals surface area contributed by atoms with E-state index in [9.17, 15) is 14.4 Å². The number of amides is 3. The number of piperazine rings is 1. The molecule has 1 aromatic carbocycles. The standard InChI is InChI=1S/C31H40Br2N6O4S/c1-35-8-4-24(5-9-35)36-11-13-37(14-12-36)31(7-15-40)17-25(38-18-23-20-44-21-28(23)34-29(38)41)6-10-39(31)30(42)43-19-22-2-3-26(32)27(33)16-22/h2-3,15-16,20-21,24-25H,4-14,17-19H2,1H3,(H,34,41)/t25-,31+/m1/s1. The number of nitrogens with one attached hydrogen (secondary N) is 1. The number of carbonyl (C=O) groups excluding carboxylic acids is 3. The molecule has 0 radical (unpaired) electrons. The van der Waals surface area contributed by atoms with Crippen LogP contribution in [-0.4, -0.2) is 114 Å². The molecule has 1 aromatic heterocycles. The van der Waals surface area contributed by atoms with Gasteiger partial charge in [-0.2, -0.15) is 0 Å². The van der Waals surface area contributed by atoms with Crippen LogP contribution in [-0.2, 0) is 22.7 Å². The van der Waals surface area contributed by atoms with E-state index < -0.39 is 11.8 Å². The van der Waals surface area contributed by atoms with Crippen molar-refractivity contribution < 1.29 is 19.1 Å². The lowest BCUT2D eigenvalue weighted by Crippen LogP contribution is -2.71. The molecule has 238 valence electrons. The second kappa shape index (κ2) is 13.8. The third-order valence-electron chi connectivity index (χ3n) is 9.86. The minimum absolute atomic E-state index is 0.121. The van der Waals surface area contributed by atoms with Crippen LogP contribution in [0.4, 0.5) is 15.3 Å². The zero-order valence-corrected chi connectivity index (χ0v) is 29.0. The summed E-state index contributed by atoms with van der Waals surface area (Å²) >= 11 is 8.60. The van der Waals surface area contributed by atoms with E-state index in [4.69, 9.17) is 4.74 Å². The summed E-state index contributed by atoms with van der Waals surface area (Å²) in [4.78, 5) is 50.6. The number of thiophene rings is 1. The van der Waals surface area contributed by atoms with Crippen molar-refractivity contribution in [2.75, 3.05) is 58.2 Å². The highest BCUT2D eigenvalue weighted by Gasteiger charge is 2.52. The second-order valence-corrected chi connectivity index (χ2v) is 14.8. The second-order valence-electron chi connectivity index (χ2n) is 12.4. The minimum Gasteiger partial charge on any atom is -0.445 e. The van der Waals surface area contributed by atoms with E-state index >= 15 is 0 Å². The number of fused-ring (bicyclic) bond motifs is 1. The number of hydrogen-bond donors (Lipinski definition) is 1. The molecule has 4 aliphatic heterocycles. The highest BCUT2D eigenvalue weighted by Crippen LogP contribution is 2.40. The smallest absolute Gasteiger partial charge is 0.411 e. The number of urea groups is 1. The van der Waals surface area contributed by atoms with Crippen LogP contribution >= 0.6 is 43.2 Å². The minimum atomic E-state index is -0.879. The summed E-state index contributed by atoms with van der Waals surface area (Å²) in [6.07, 6.45) is 4.11. The first-order valence-corrected chi connectivity index (χ1v) is 17.9. The van der Waals surface area contributed by atoms with Crippen molar-refractivity contribution in [3.63, 3.8) is 0 Å². The zero-order chi connectivity index (χ0) is 30.8. The van der Waals surface area contributed by atoms with Crippen LogP contribution in [0.5, 0.6) is 0 Å². The Morgan fingerprint density at radius 1 is 1.05 bits per heavy atom. The number of piperidine rings is 2. The van der Waals surface area contributed by atoms with Gasteiger partial charge in [0.1, 0.15) is 18.6 Å². The van der Waals surface area contributed by atoms with Crippen molar-refractivity contribution in [2.24, 2.45) is 0 Å². The van der Waals surface area contributed by atoms with Gasteiger partial charge in [0.15, 0.2) is 0 Å². The summed E-state index contributed by atoms with van der Waals surface area (Å²) in [7, 11) is 2.18. The monoisotopic (exact) mass is 750 g/mol. The average molecular weight is 753 g/mol. The molecule has 3 saturated heterocycles. The Morgan fingerprint density at radius 2 is 1.80 bits per heavy atom. The molecule has 3 fully saturated rings. The fourth-order valence-corrected chi connectivity index (χ4v) is 8.82. The first-order chi connectivity index (χ1) is 21.3. The molecule has 3 amide bonds. The van der Waals surface area contributed by atoms with Crippen LogP contribution in [0.15, 0.2) is 37.9 Å². The highest BCUT2D eigenvalue weighted by molar-refractivity contribution is 9.13. The largest absolute Gasteiger partial charge is 0.445 e. The van der Waals surface area contributed by atoms with Crippen molar-refractivity contribution >= 4 is 67.3 Å². The lowest BCUT2D eigenvalue weighted by Gasteiger charge is -2.57. The van der Waals surface area contributed by atoms with Gasteiger partial charge in [-0.3, -0.25) is 14.7 Å². The lowest BCUT2D eigenvalue weighted by molar-refractivity contribution is -0.130. The van der Waals surface area contributed by atoms with Crippen molar-refractivity contribution in [1.82, 2.24) is 24.5 Å². The summed E-state index contributed by atoms with van der Waals surface area (Å²) in [5.74, 6) is 0. The fraction of sp³-hybridized carbons (Fsp3) is 0.581. The first kappa shape index (κ1) is 31.9. The number of hydrogen-bond acceptors (Lipinski definition) is 8. The van der Waals surface area contributed by atoms with Crippen molar-refractivity contribution in [1.29, 1.82) is 0 Å². The van der Waals surface area contributed by atoms with E-state index in [1.807, 2.05) is 28.5 Å². The molecule has 10 nitrogen and oxygen atoms in total. The quantitative estimate of drug-likeness (QED) is 0.379. The van der Waals surface area contributed by atoms with Crippen LogP contribution < -0.4 is 5.32 Å². The van der Waals surface area contributed by atoms with E-state index in [0.29, 0.717) is 32.0 Å². The van der Waals surface area contributed by atoms with Gasteiger partial charge >= 0.3 is 12.1 Å². The first-order valence-electron chi connectivity index (χ1n) is 15.4. The number of anilines is 1. The number of carbonyl (C=O) groups is 3. The molecule has 4 aliphatic rings. The molecule has 2 aromatic rings. The molecule has 2 atom stereocenters. The maximum absolute atomic E-state index is 13.9. The van der Waals surface area contributed by atoms with E-state index in [0.717, 1.165) is 84.2 Å². The normalized spacial score (nSPS) is 25.9. The Morgan fingerprint density at radius 3 is 2.52 bits per heavy atom. The van der Waals surface area contributed by atoms with Gasteiger partial charge in [-0.15, -0.1) is 11.3 Å². The molecule has 6 rings (SSSR count). The molecular weight excluding hydrogens is 712 g/mol. The SMILES string of the molecule is CN1CCC(N2CCN([C@]3(CC=O)C[C@H](N4Cc5cscc5NC4=O)CCN3C(=O)OCc3ccc(Br)c(Br)c3)CC2)CC1. The third-order valence-corrected chi connectivity index (χ3v) is 12.5. The number of halogens is 2. The summed E-state index contributed by atoms with van der Waals surface area (Å²) < 4.78 is 7.73. The molecule has 0 saturated carbocycles. The van der Waals surface area contributed by atoms with E-state index in [-0.39, 0.29) is 25.1 Å². The Labute approximate surface area is 279 Å². The summed E-state index contributed by atoms with van der Waals surface area (Å²) in [5, 5.41) is 7.09. The van der Waals surface area contributed by atoms with Gasteiger partial charge in [-0.25, -0.2) is 9.59 Å². The fourth-order valence-electron chi connectivity index (χ4n) is 7.37. The van der Waals surface area contributed by atoms with Gasteiger partial charge in [0.25, 0.3) is 0 Å². The maximum atomic E-state index is 13.9. The van der Waals surface area contributed by atoms with Crippen LogP contribution in [0.1, 0.15) is 43.2 Å². The van der Waals surface area contributed by atoms with Crippen LogP contribution in [0.2, 0.25) is 0 Å². The van der Waals surface area contributed by atoms with Crippen molar-refractivity contribution in [3.8, 4) is 0 Å². The summed E-state index contributed by atoms with van der Waals surface area (Å²) in [6, 6.07) is 6.09. The molecule has 0 bridgehead atoms. The Balaban J connectivity index is 1.23. The van der Waals surface area contributed by atoms with Crippen molar-refractivity contribution in [3.05, 3.63) is 49.0 Å². The third kappa shape index (κ3) is 6.59. The molecular formula is C31H40Br2N6O4S. The van der Waals surface area contributed by atoms with Gasteiger partial charge in [-0.1, -0.05) is 6.07 Å². The molecule has 0 aliphatic carbocycles. The number of rotatable bonds is 7. The molecule has 44 heavy (non-hydrogen) atoms. The summed E-state index contributed by atoms with van der Waals surface area (Å²) in [5.41, 5.74) is 1.97. The number of benzene rings is 1. The molecule has 0 unspecified atom stereocenters. The maximum Gasteiger partial charge on any atom is 0.411 e. The van der Waals surface area contributed by atoms with Gasteiger partial charge in [0.05, 0.1) is 12.2 Å². The van der Waals surface area contributed by atoms with Gasteiger partial charge in [-0.05, 0) is 94.3 Å². The predicted molar refractivity (Wildman–Crippen MR) is 178 cm³/mol. The number of likely N-dealkylation sites (tertiary alicyclic amines) is 2. The molecule has 5 heterocycles. The molecule has 1 N–H and O–H groups in total.